The highest BCUT2D eigenvalue weighted by Gasteiger charge is 2.24. The minimum absolute atomic E-state index is 0.0674. The lowest BCUT2D eigenvalue weighted by Gasteiger charge is -2.32. The smallest absolute Gasteiger partial charge is 0.0975 e. The second kappa shape index (κ2) is 3.70. The van der Waals surface area contributed by atoms with Crippen molar-refractivity contribution in [3.63, 3.8) is 0 Å². The summed E-state index contributed by atoms with van der Waals surface area (Å²) in [4.78, 5) is 2.02. The van der Waals surface area contributed by atoms with Crippen LogP contribution < -0.4 is 0 Å². The third kappa shape index (κ3) is 1.92. The van der Waals surface area contributed by atoms with Crippen molar-refractivity contribution in [3.05, 3.63) is 0 Å². The van der Waals surface area contributed by atoms with E-state index in [1.165, 1.54) is 0 Å². The number of hydrogen-bond acceptors (Lipinski definition) is 3. The molecule has 0 aromatic rings. The number of rotatable bonds is 1. The standard InChI is InChI=1S/C8H14N2O/c1-10-5-7(6-11)2-3-8(10)4-9/h7-8,11H,2-3,5-6H2,1H3/t7-,8-/m1/s1. The third-order valence-corrected chi connectivity index (χ3v) is 2.33. The maximum atomic E-state index is 8.86. The molecule has 0 bridgehead atoms. The van der Waals surface area contributed by atoms with Gasteiger partial charge in [-0.25, -0.2) is 0 Å². The molecule has 3 heteroatoms. The molecule has 2 atom stereocenters. The second-order valence-corrected chi connectivity index (χ2v) is 3.21. The van der Waals surface area contributed by atoms with Crippen LogP contribution in [0.15, 0.2) is 0 Å². The fraction of sp³-hybridized carbons (Fsp3) is 0.875. The Morgan fingerprint density at radius 3 is 2.82 bits per heavy atom. The molecule has 0 aromatic heterocycles. The highest BCUT2D eigenvalue weighted by atomic mass is 16.3. The summed E-state index contributed by atoms with van der Waals surface area (Å²) in [7, 11) is 1.94. The van der Waals surface area contributed by atoms with Gasteiger partial charge in [-0.15, -0.1) is 0 Å². The molecule has 0 spiro atoms. The normalized spacial score (nSPS) is 33.2. The Balaban J connectivity index is 2.42. The van der Waals surface area contributed by atoms with Gasteiger partial charge in [0.15, 0.2) is 0 Å². The van der Waals surface area contributed by atoms with Crippen LogP contribution in [0.1, 0.15) is 12.8 Å². The van der Waals surface area contributed by atoms with Crippen molar-refractivity contribution in [1.29, 1.82) is 5.26 Å². The van der Waals surface area contributed by atoms with E-state index in [-0.39, 0.29) is 12.6 Å². The molecule has 0 aromatic carbocycles. The van der Waals surface area contributed by atoms with Crippen LogP contribution in [-0.2, 0) is 0 Å². The van der Waals surface area contributed by atoms with Gasteiger partial charge >= 0.3 is 0 Å². The van der Waals surface area contributed by atoms with Gasteiger partial charge < -0.3 is 5.11 Å². The van der Waals surface area contributed by atoms with Gasteiger partial charge in [-0.1, -0.05) is 0 Å². The Morgan fingerprint density at radius 1 is 1.64 bits per heavy atom. The van der Waals surface area contributed by atoms with E-state index >= 15 is 0 Å². The average Bonchev–Trinajstić information content (AvgIpc) is 2.04. The van der Waals surface area contributed by atoms with Crippen molar-refractivity contribution in [1.82, 2.24) is 4.90 Å². The number of hydrogen-bond donors (Lipinski definition) is 1. The first-order valence-corrected chi connectivity index (χ1v) is 3.98. The van der Waals surface area contributed by atoms with Gasteiger partial charge in [-0.05, 0) is 25.8 Å². The van der Waals surface area contributed by atoms with Crippen molar-refractivity contribution in [2.24, 2.45) is 5.92 Å². The number of aliphatic hydroxyl groups excluding tert-OH is 1. The molecule has 0 amide bonds. The molecule has 1 aliphatic rings. The summed E-state index contributed by atoms with van der Waals surface area (Å²) in [5.74, 6) is 0.379. The van der Waals surface area contributed by atoms with E-state index in [1.54, 1.807) is 0 Å². The molecule has 1 heterocycles. The minimum atomic E-state index is 0.0674. The summed E-state index contributed by atoms with van der Waals surface area (Å²) in [5, 5.41) is 17.5. The van der Waals surface area contributed by atoms with Crippen molar-refractivity contribution in [3.8, 4) is 6.07 Å². The van der Waals surface area contributed by atoms with E-state index in [1.807, 2.05) is 11.9 Å². The van der Waals surface area contributed by atoms with Gasteiger partial charge in [0, 0.05) is 13.2 Å². The molecule has 1 saturated heterocycles. The van der Waals surface area contributed by atoms with Crippen LogP contribution >= 0.6 is 0 Å². The topological polar surface area (TPSA) is 47.3 Å². The summed E-state index contributed by atoms with van der Waals surface area (Å²) < 4.78 is 0. The molecule has 1 aliphatic heterocycles. The Kier molecular flexibility index (Phi) is 2.86. The quantitative estimate of drug-likeness (QED) is 0.587. The minimum Gasteiger partial charge on any atom is -0.396 e. The lowest BCUT2D eigenvalue weighted by atomic mass is 9.95. The van der Waals surface area contributed by atoms with Gasteiger partial charge in [-0.3, -0.25) is 4.90 Å². The number of likely N-dealkylation sites (tertiary alicyclic amines) is 1. The van der Waals surface area contributed by atoms with Crippen LogP contribution in [-0.4, -0.2) is 36.2 Å². The predicted octanol–water partition coefficient (Wildman–Crippen LogP) is 0.213. The molecular formula is C8H14N2O. The first-order valence-electron chi connectivity index (χ1n) is 3.98. The molecule has 3 nitrogen and oxygen atoms in total. The van der Waals surface area contributed by atoms with E-state index in [4.69, 9.17) is 10.4 Å². The summed E-state index contributed by atoms with van der Waals surface area (Å²) in [6, 6.07) is 2.31. The van der Waals surface area contributed by atoms with Crippen molar-refractivity contribution in [2.75, 3.05) is 20.2 Å². The van der Waals surface area contributed by atoms with Crippen molar-refractivity contribution < 1.29 is 5.11 Å². The lowest BCUT2D eigenvalue weighted by Crippen LogP contribution is -2.40. The highest BCUT2D eigenvalue weighted by molar-refractivity contribution is 4.94. The zero-order chi connectivity index (χ0) is 8.27. The van der Waals surface area contributed by atoms with Gasteiger partial charge in [-0.2, -0.15) is 5.26 Å². The number of piperidine rings is 1. The zero-order valence-electron chi connectivity index (χ0n) is 6.82. The van der Waals surface area contributed by atoms with Gasteiger partial charge in [0.1, 0.15) is 0 Å². The summed E-state index contributed by atoms with van der Waals surface area (Å²) in [6.45, 7) is 1.11. The third-order valence-electron chi connectivity index (χ3n) is 2.33. The monoisotopic (exact) mass is 154 g/mol. The second-order valence-electron chi connectivity index (χ2n) is 3.21. The summed E-state index contributed by atoms with van der Waals surface area (Å²) in [6.07, 6.45) is 1.89. The van der Waals surface area contributed by atoms with E-state index in [0.29, 0.717) is 5.92 Å². The highest BCUT2D eigenvalue weighted by Crippen LogP contribution is 2.19. The first-order chi connectivity index (χ1) is 5.27. The molecule has 0 unspecified atom stereocenters. The fourth-order valence-electron chi connectivity index (χ4n) is 1.55. The largest absolute Gasteiger partial charge is 0.396 e. The maximum Gasteiger partial charge on any atom is 0.0975 e. The van der Waals surface area contributed by atoms with Crippen LogP contribution in [0.3, 0.4) is 0 Å². The van der Waals surface area contributed by atoms with Crippen LogP contribution in [0.25, 0.3) is 0 Å². The Bertz CT molecular complexity index is 164. The van der Waals surface area contributed by atoms with Crippen molar-refractivity contribution >= 4 is 0 Å². The Morgan fingerprint density at radius 2 is 2.36 bits per heavy atom. The van der Waals surface area contributed by atoms with Crippen LogP contribution in [0.4, 0.5) is 0 Å². The first kappa shape index (κ1) is 8.51. The zero-order valence-corrected chi connectivity index (χ0v) is 6.82. The molecule has 11 heavy (non-hydrogen) atoms. The summed E-state index contributed by atoms with van der Waals surface area (Å²) in [5.41, 5.74) is 0. The molecule has 0 saturated carbocycles. The van der Waals surface area contributed by atoms with Crippen molar-refractivity contribution in [2.45, 2.75) is 18.9 Å². The predicted molar refractivity (Wildman–Crippen MR) is 41.8 cm³/mol. The molecule has 1 rings (SSSR count). The van der Waals surface area contributed by atoms with Crippen LogP contribution in [0, 0.1) is 17.2 Å². The summed E-state index contributed by atoms with van der Waals surface area (Å²) >= 11 is 0. The van der Waals surface area contributed by atoms with E-state index in [2.05, 4.69) is 6.07 Å². The molecule has 1 N–H and O–H groups in total. The SMILES string of the molecule is CN1C[C@H](CO)CC[C@@H]1C#N. The molecule has 0 radical (unpaired) electrons. The number of aliphatic hydroxyl groups is 1. The van der Waals surface area contributed by atoms with E-state index in [9.17, 15) is 0 Å². The number of nitrogens with zero attached hydrogens (tertiary/aromatic N) is 2. The molecular weight excluding hydrogens is 140 g/mol. The Hall–Kier alpha value is -0.590. The van der Waals surface area contributed by atoms with E-state index < -0.39 is 0 Å². The lowest BCUT2D eigenvalue weighted by molar-refractivity contribution is 0.117. The molecule has 62 valence electrons. The molecule has 1 fully saturated rings. The molecule has 0 aliphatic carbocycles. The van der Waals surface area contributed by atoms with Crippen LogP contribution in [0.5, 0.6) is 0 Å². The van der Waals surface area contributed by atoms with E-state index in [0.717, 1.165) is 19.4 Å². The van der Waals surface area contributed by atoms with Crippen LogP contribution in [0.2, 0.25) is 0 Å². The average molecular weight is 154 g/mol. The maximum absolute atomic E-state index is 8.86. The van der Waals surface area contributed by atoms with Gasteiger partial charge in [0.05, 0.1) is 12.1 Å². The van der Waals surface area contributed by atoms with Gasteiger partial charge in [0.25, 0.3) is 0 Å². The van der Waals surface area contributed by atoms with Gasteiger partial charge in [0.2, 0.25) is 0 Å². The number of nitriles is 1. The fourth-order valence-corrected chi connectivity index (χ4v) is 1.55. The Labute approximate surface area is 67.2 Å².